The Labute approximate surface area is 82.9 Å². The van der Waals surface area contributed by atoms with E-state index in [9.17, 15) is 4.79 Å². The molecule has 0 unspecified atom stereocenters. The van der Waals surface area contributed by atoms with Gasteiger partial charge in [-0.15, -0.1) is 0 Å². The van der Waals surface area contributed by atoms with Crippen LogP contribution >= 0.6 is 0 Å². The number of amides is 1. The molecule has 0 radical (unpaired) electrons. The average Bonchev–Trinajstić information content (AvgIpc) is 2.26. The highest BCUT2D eigenvalue weighted by molar-refractivity contribution is 5.78. The van der Waals surface area contributed by atoms with Gasteiger partial charge in [-0.25, -0.2) is 0 Å². The van der Waals surface area contributed by atoms with Crippen LogP contribution in [0.25, 0.3) is 10.4 Å². The summed E-state index contributed by atoms with van der Waals surface area (Å²) in [4.78, 5) is 16.0. The third-order valence-corrected chi connectivity index (χ3v) is 2.53. The monoisotopic (exact) mass is 197 g/mol. The standard InChI is InChI=1S/C8H15N5O/c1-10-8(14)7-2-4-13(5-3-7)6-11-12-9/h7H,2-6H2,1H3,(H,10,14). The molecule has 1 amide bonds. The molecule has 1 fully saturated rings. The Bertz CT molecular complexity index is 240. The Morgan fingerprint density at radius 2 is 2.29 bits per heavy atom. The molecule has 0 aliphatic carbocycles. The van der Waals surface area contributed by atoms with E-state index in [1.807, 2.05) is 0 Å². The molecule has 6 nitrogen and oxygen atoms in total. The molecule has 1 aliphatic rings. The lowest BCUT2D eigenvalue weighted by Crippen LogP contribution is -2.39. The molecular formula is C8H15N5O. The Kier molecular flexibility index (Phi) is 4.22. The molecule has 0 aromatic carbocycles. The van der Waals surface area contributed by atoms with Crippen molar-refractivity contribution in [1.82, 2.24) is 10.2 Å². The number of likely N-dealkylation sites (tertiary alicyclic amines) is 1. The van der Waals surface area contributed by atoms with E-state index in [1.54, 1.807) is 7.05 Å². The molecule has 6 heteroatoms. The molecule has 1 rings (SSSR count). The van der Waals surface area contributed by atoms with Crippen molar-refractivity contribution >= 4 is 5.91 Å². The zero-order valence-electron chi connectivity index (χ0n) is 8.31. The predicted octanol–water partition coefficient (Wildman–Crippen LogP) is 0.712. The van der Waals surface area contributed by atoms with E-state index in [0.717, 1.165) is 25.9 Å². The van der Waals surface area contributed by atoms with Gasteiger partial charge in [-0.2, -0.15) is 0 Å². The maximum absolute atomic E-state index is 11.3. The Balaban J connectivity index is 2.30. The normalized spacial score (nSPS) is 18.6. The van der Waals surface area contributed by atoms with E-state index in [1.165, 1.54) is 0 Å². The van der Waals surface area contributed by atoms with Crippen LogP contribution in [0.2, 0.25) is 0 Å². The van der Waals surface area contributed by atoms with Gasteiger partial charge < -0.3 is 5.32 Å². The highest BCUT2D eigenvalue weighted by Crippen LogP contribution is 2.16. The van der Waals surface area contributed by atoms with Crippen molar-refractivity contribution < 1.29 is 4.79 Å². The summed E-state index contributed by atoms with van der Waals surface area (Å²) < 4.78 is 0. The van der Waals surface area contributed by atoms with Crippen molar-refractivity contribution in [3.05, 3.63) is 10.4 Å². The van der Waals surface area contributed by atoms with Crippen LogP contribution in [0.3, 0.4) is 0 Å². The van der Waals surface area contributed by atoms with Gasteiger partial charge in [-0.3, -0.25) is 9.69 Å². The summed E-state index contributed by atoms with van der Waals surface area (Å²) in [5.74, 6) is 0.246. The van der Waals surface area contributed by atoms with E-state index in [2.05, 4.69) is 20.2 Å². The number of azide groups is 1. The molecular weight excluding hydrogens is 182 g/mol. The van der Waals surface area contributed by atoms with Gasteiger partial charge in [0.05, 0.1) is 6.67 Å². The van der Waals surface area contributed by atoms with Crippen molar-refractivity contribution in [2.24, 2.45) is 11.0 Å². The summed E-state index contributed by atoms with van der Waals surface area (Å²) in [6, 6.07) is 0. The van der Waals surface area contributed by atoms with Gasteiger partial charge in [0.25, 0.3) is 0 Å². The second kappa shape index (κ2) is 5.47. The van der Waals surface area contributed by atoms with Crippen molar-refractivity contribution in [1.29, 1.82) is 0 Å². The molecule has 0 bridgehead atoms. The first-order valence-electron chi connectivity index (χ1n) is 4.72. The first kappa shape index (κ1) is 10.8. The van der Waals surface area contributed by atoms with Gasteiger partial charge in [-0.1, -0.05) is 5.11 Å². The summed E-state index contributed by atoms with van der Waals surface area (Å²) in [5.41, 5.74) is 8.14. The van der Waals surface area contributed by atoms with Gasteiger partial charge in [0.2, 0.25) is 5.91 Å². The van der Waals surface area contributed by atoms with Crippen molar-refractivity contribution in [3.63, 3.8) is 0 Å². The van der Waals surface area contributed by atoms with Crippen molar-refractivity contribution in [2.75, 3.05) is 26.8 Å². The van der Waals surface area contributed by atoms with Crippen molar-refractivity contribution in [3.8, 4) is 0 Å². The third-order valence-electron chi connectivity index (χ3n) is 2.53. The summed E-state index contributed by atoms with van der Waals surface area (Å²) >= 11 is 0. The molecule has 1 aliphatic heterocycles. The zero-order chi connectivity index (χ0) is 10.4. The molecule has 0 aromatic heterocycles. The smallest absolute Gasteiger partial charge is 0.222 e. The Morgan fingerprint density at radius 3 is 2.79 bits per heavy atom. The van der Waals surface area contributed by atoms with Crippen LogP contribution in [0, 0.1) is 5.92 Å². The summed E-state index contributed by atoms with van der Waals surface area (Å²) in [6.07, 6.45) is 1.70. The van der Waals surface area contributed by atoms with Gasteiger partial charge in [0.1, 0.15) is 0 Å². The molecule has 0 spiro atoms. The Morgan fingerprint density at radius 1 is 1.64 bits per heavy atom. The van der Waals surface area contributed by atoms with Crippen LogP contribution in [0.15, 0.2) is 5.11 Å². The van der Waals surface area contributed by atoms with Crippen LogP contribution in [-0.4, -0.2) is 37.6 Å². The number of hydrogen-bond donors (Lipinski definition) is 1. The molecule has 1 heterocycles. The summed E-state index contributed by atoms with van der Waals surface area (Å²) in [7, 11) is 1.66. The zero-order valence-corrected chi connectivity index (χ0v) is 8.31. The lowest BCUT2D eigenvalue weighted by molar-refractivity contribution is -0.125. The van der Waals surface area contributed by atoms with Crippen molar-refractivity contribution in [2.45, 2.75) is 12.8 Å². The maximum Gasteiger partial charge on any atom is 0.222 e. The van der Waals surface area contributed by atoms with E-state index in [0.29, 0.717) is 6.67 Å². The number of piperidine rings is 1. The quantitative estimate of drug-likeness (QED) is 0.410. The van der Waals surface area contributed by atoms with E-state index in [-0.39, 0.29) is 11.8 Å². The molecule has 78 valence electrons. The molecule has 1 N–H and O–H groups in total. The third kappa shape index (κ3) is 2.90. The van der Waals surface area contributed by atoms with E-state index >= 15 is 0 Å². The van der Waals surface area contributed by atoms with Gasteiger partial charge in [0, 0.05) is 17.9 Å². The number of carbonyl (C=O) groups excluding carboxylic acids is 1. The fraction of sp³-hybridized carbons (Fsp3) is 0.875. The fourth-order valence-electron chi connectivity index (χ4n) is 1.66. The van der Waals surface area contributed by atoms with Crippen LogP contribution < -0.4 is 5.32 Å². The molecule has 0 saturated carbocycles. The van der Waals surface area contributed by atoms with Gasteiger partial charge in [0.15, 0.2) is 0 Å². The largest absolute Gasteiger partial charge is 0.359 e. The maximum atomic E-state index is 11.3. The lowest BCUT2D eigenvalue weighted by atomic mass is 9.96. The average molecular weight is 197 g/mol. The first-order valence-corrected chi connectivity index (χ1v) is 4.72. The van der Waals surface area contributed by atoms with Gasteiger partial charge >= 0.3 is 0 Å². The predicted molar refractivity (Wildman–Crippen MR) is 52.4 cm³/mol. The molecule has 0 aromatic rings. The topological polar surface area (TPSA) is 81.1 Å². The highest BCUT2D eigenvalue weighted by Gasteiger charge is 2.23. The van der Waals surface area contributed by atoms with Gasteiger partial charge in [-0.05, 0) is 31.5 Å². The van der Waals surface area contributed by atoms with E-state index < -0.39 is 0 Å². The second-order valence-corrected chi connectivity index (χ2v) is 3.38. The first-order chi connectivity index (χ1) is 6.77. The number of nitrogens with zero attached hydrogens (tertiary/aromatic N) is 4. The van der Waals surface area contributed by atoms with Crippen LogP contribution in [0.1, 0.15) is 12.8 Å². The Hall–Kier alpha value is -1.26. The summed E-state index contributed by atoms with van der Waals surface area (Å²) in [6.45, 7) is 2.07. The van der Waals surface area contributed by atoms with E-state index in [4.69, 9.17) is 5.53 Å². The minimum Gasteiger partial charge on any atom is -0.359 e. The van der Waals surface area contributed by atoms with Crippen LogP contribution in [0.4, 0.5) is 0 Å². The fourth-order valence-corrected chi connectivity index (χ4v) is 1.66. The SMILES string of the molecule is CNC(=O)C1CCN(CN=[N+]=[N-])CC1. The minimum atomic E-state index is 0.119. The molecule has 1 saturated heterocycles. The minimum absolute atomic E-state index is 0.119. The highest BCUT2D eigenvalue weighted by atomic mass is 16.1. The lowest BCUT2D eigenvalue weighted by Gasteiger charge is -2.29. The number of rotatable bonds is 3. The van der Waals surface area contributed by atoms with Crippen LogP contribution in [0.5, 0.6) is 0 Å². The summed E-state index contributed by atoms with van der Waals surface area (Å²) in [5, 5.41) is 6.14. The van der Waals surface area contributed by atoms with Crippen LogP contribution in [-0.2, 0) is 4.79 Å². The molecule has 0 atom stereocenters. The number of hydrogen-bond acceptors (Lipinski definition) is 3. The number of nitrogens with one attached hydrogen (secondary N) is 1. The second-order valence-electron chi connectivity index (χ2n) is 3.38. The molecule has 14 heavy (non-hydrogen) atoms. The number of carbonyl (C=O) groups is 1.